The number of pyridine rings is 1. The first kappa shape index (κ1) is 15.0. The molecule has 1 aliphatic rings. The third-order valence-electron chi connectivity index (χ3n) is 4.30. The SMILES string of the molecule is CN(c1ncnc2c1cnn2-c1ccccn1)[C@H]1CCS(=O)(=O)C1. The van der Waals surface area contributed by atoms with Crippen LogP contribution in [0.25, 0.3) is 16.9 Å². The summed E-state index contributed by atoms with van der Waals surface area (Å²) in [5.74, 6) is 1.74. The number of anilines is 1. The highest BCUT2D eigenvalue weighted by Gasteiger charge is 2.32. The maximum atomic E-state index is 11.7. The number of sulfone groups is 1. The second kappa shape index (κ2) is 5.52. The minimum absolute atomic E-state index is 0.0775. The molecule has 3 aromatic heterocycles. The van der Waals surface area contributed by atoms with E-state index < -0.39 is 9.84 Å². The average molecular weight is 344 g/mol. The van der Waals surface area contributed by atoms with Gasteiger partial charge in [0, 0.05) is 19.3 Å². The molecular formula is C15H16N6O2S. The summed E-state index contributed by atoms with van der Waals surface area (Å²) in [6.07, 6.45) is 5.47. The predicted octanol–water partition coefficient (Wildman–Crippen LogP) is 0.834. The molecule has 3 aromatic rings. The molecule has 0 radical (unpaired) electrons. The van der Waals surface area contributed by atoms with Crippen molar-refractivity contribution in [1.82, 2.24) is 24.7 Å². The van der Waals surface area contributed by atoms with Crippen molar-refractivity contribution in [1.29, 1.82) is 0 Å². The molecule has 0 bridgehead atoms. The molecule has 1 aliphatic heterocycles. The molecule has 1 atom stereocenters. The fourth-order valence-corrected chi connectivity index (χ4v) is 4.79. The lowest BCUT2D eigenvalue weighted by atomic mass is 10.2. The lowest BCUT2D eigenvalue weighted by Gasteiger charge is -2.24. The molecule has 4 heterocycles. The van der Waals surface area contributed by atoms with Gasteiger partial charge in [-0.2, -0.15) is 9.78 Å². The lowest BCUT2D eigenvalue weighted by Crippen LogP contribution is -2.33. The Balaban J connectivity index is 1.77. The molecule has 0 unspecified atom stereocenters. The van der Waals surface area contributed by atoms with Gasteiger partial charge in [-0.1, -0.05) is 6.07 Å². The van der Waals surface area contributed by atoms with E-state index in [1.165, 1.54) is 6.33 Å². The predicted molar refractivity (Wildman–Crippen MR) is 89.9 cm³/mol. The molecule has 0 amide bonds. The first-order chi connectivity index (χ1) is 11.6. The van der Waals surface area contributed by atoms with Crippen molar-refractivity contribution in [3.63, 3.8) is 0 Å². The lowest BCUT2D eigenvalue weighted by molar-refractivity contribution is 0.600. The number of fused-ring (bicyclic) bond motifs is 1. The molecule has 1 fully saturated rings. The summed E-state index contributed by atoms with van der Waals surface area (Å²) in [5.41, 5.74) is 0.645. The van der Waals surface area contributed by atoms with Crippen molar-refractivity contribution in [3.05, 3.63) is 36.9 Å². The molecule has 9 heteroatoms. The monoisotopic (exact) mass is 344 g/mol. The number of hydrogen-bond acceptors (Lipinski definition) is 7. The summed E-state index contributed by atoms with van der Waals surface area (Å²) >= 11 is 0. The zero-order valence-corrected chi connectivity index (χ0v) is 13.9. The van der Waals surface area contributed by atoms with Gasteiger partial charge in [0.1, 0.15) is 12.1 Å². The van der Waals surface area contributed by atoms with Gasteiger partial charge in [-0.15, -0.1) is 0 Å². The van der Waals surface area contributed by atoms with Crippen LogP contribution < -0.4 is 4.90 Å². The van der Waals surface area contributed by atoms with Crippen molar-refractivity contribution < 1.29 is 8.42 Å². The fraction of sp³-hybridized carbons (Fsp3) is 0.333. The molecule has 0 saturated carbocycles. The smallest absolute Gasteiger partial charge is 0.170 e. The third-order valence-corrected chi connectivity index (χ3v) is 6.05. The van der Waals surface area contributed by atoms with E-state index in [2.05, 4.69) is 20.1 Å². The van der Waals surface area contributed by atoms with Crippen molar-refractivity contribution in [2.24, 2.45) is 0 Å². The van der Waals surface area contributed by atoms with Crippen LogP contribution in [0.1, 0.15) is 6.42 Å². The van der Waals surface area contributed by atoms with Gasteiger partial charge in [-0.05, 0) is 18.6 Å². The summed E-state index contributed by atoms with van der Waals surface area (Å²) in [7, 11) is -1.09. The third kappa shape index (κ3) is 2.50. The quantitative estimate of drug-likeness (QED) is 0.695. The maximum absolute atomic E-state index is 11.7. The maximum Gasteiger partial charge on any atom is 0.170 e. The van der Waals surface area contributed by atoms with E-state index in [1.54, 1.807) is 17.1 Å². The standard InChI is InChI=1S/C15H16N6O2S/c1-20(11-5-7-24(22,23)9-11)14-12-8-19-21(15(12)18-10-17-14)13-4-2-3-6-16-13/h2-4,6,8,10-11H,5,7,9H2,1H3/t11-/m0/s1. The number of rotatable bonds is 3. The molecule has 1 saturated heterocycles. The van der Waals surface area contributed by atoms with E-state index in [0.717, 1.165) is 5.39 Å². The van der Waals surface area contributed by atoms with Gasteiger partial charge in [0.2, 0.25) is 0 Å². The van der Waals surface area contributed by atoms with Crippen LogP contribution in [0.4, 0.5) is 5.82 Å². The zero-order chi connectivity index (χ0) is 16.7. The van der Waals surface area contributed by atoms with Crippen LogP contribution in [0.2, 0.25) is 0 Å². The van der Waals surface area contributed by atoms with Crippen LogP contribution in [-0.4, -0.2) is 57.7 Å². The molecule has 124 valence electrons. The highest BCUT2D eigenvalue weighted by molar-refractivity contribution is 7.91. The zero-order valence-electron chi connectivity index (χ0n) is 13.1. The van der Waals surface area contributed by atoms with Gasteiger partial charge in [-0.3, -0.25) is 0 Å². The summed E-state index contributed by atoms with van der Waals surface area (Å²) < 4.78 is 25.1. The second-order valence-corrected chi connectivity index (χ2v) is 8.08. The summed E-state index contributed by atoms with van der Waals surface area (Å²) in [6.45, 7) is 0. The summed E-state index contributed by atoms with van der Waals surface area (Å²) in [4.78, 5) is 14.9. The van der Waals surface area contributed by atoms with Crippen LogP contribution in [0.15, 0.2) is 36.9 Å². The first-order valence-corrected chi connectivity index (χ1v) is 9.41. The van der Waals surface area contributed by atoms with E-state index >= 15 is 0 Å². The van der Waals surface area contributed by atoms with Crippen LogP contribution in [0, 0.1) is 0 Å². The summed E-state index contributed by atoms with van der Waals surface area (Å²) in [6, 6.07) is 5.49. The topological polar surface area (TPSA) is 93.9 Å². The van der Waals surface area contributed by atoms with Crippen LogP contribution in [-0.2, 0) is 9.84 Å². The fourth-order valence-electron chi connectivity index (χ4n) is 3.01. The largest absolute Gasteiger partial charge is 0.355 e. The highest BCUT2D eigenvalue weighted by atomic mass is 32.2. The molecular weight excluding hydrogens is 328 g/mol. The number of hydrogen-bond donors (Lipinski definition) is 0. The van der Waals surface area contributed by atoms with Gasteiger partial charge in [0.25, 0.3) is 0 Å². The molecule has 0 spiro atoms. The molecule has 4 rings (SSSR count). The van der Waals surface area contributed by atoms with Crippen LogP contribution in [0.3, 0.4) is 0 Å². The van der Waals surface area contributed by atoms with Crippen molar-refractivity contribution >= 4 is 26.7 Å². The minimum Gasteiger partial charge on any atom is -0.355 e. The number of nitrogens with zero attached hydrogens (tertiary/aromatic N) is 6. The Bertz CT molecular complexity index is 986. The Morgan fingerprint density at radius 3 is 2.83 bits per heavy atom. The first-order valence-electron chi connectivity index (χ1n) is 7.58. The molecule has 0 aliphatic carbocycles. The van der Waals surface area contributed by atoms with E-state index in [-0.39, 0.29) is 17.5 Å². The highest BCUT2D eigenvalue weighted by Crippen LogP contribution is 2.27. The molecule has 0 aromatic carbocycles. The van der Waals surface area contributed by atoms with Crippen molar-refractivity contribution in [3.8, 4) is 5.82 Å². The molecule has 0 N–H and O–H groups in total. The Morgan fingerprint density at radius 1 is 1.25 bits per heavy atom. The molecule has 8 nitrogen and oxygen atoms in total. The summed E-state index contributed by atoms with van der Waals surface area (Å²) in [5, 5.41) is 5.14. The van der Waals surface area contributed by atoms with Gasteiger partial charge in [-0.25, -0.2) is 23.4 Å². The number of aromatic nitrogens is 5. The van der Waals surface area contributed by atoms with E-state index in [0.29, 0.717) is 23.7 Å². The van der Waals surface area contributed by atoms with Gasteiger partial charge >= 0.3 is 0 Å². The Labute approximate surface area is 139 Å². The van der Waals surface area contributed by atoms with E-state index in [1.807, 2.05) is 30.1 Å². The normalized spacial score (nSPS) is 19.6. The van der Waals surface area contributed by atoms with Gasteiger partial charge in [0.05, 0.1) is 23.1 Å². The van der Waals surface area contributed by atoms with Crippen molar-refractivity contribution in [2.75, 3.05) is 23.5 Å². The molecule has 24 heavy (non-hydrogen) atoms. The Morgan fingerprint density at radius 2 is 2.12 bits per heavy atom. The average Bonchev–Trinajstić information content (AvgIpc) is 3.18. The van der Waals surface area contributed by atoms with Gasteiger partial charge < -0.3 is 4.90 Å². The Kier molecular flexibility index (Phi) is 3.45. The van der Waals surface area contributed by atoms with Crippen molar-refractivity contribution in [2.45, 2.75) is 12.5 Å². The second-order valence-electron chi connectivity index (χ2n) is 5.85. The van der Waals surface area contributed by atoms with Crippen LogP contribution >= 0.6 is 0 Å². The van der Waals surface area contributed by atoms with Crippen LogP contribution in [0.5, 0.6) is 0 Å². The van der Waals surface area contributed by atoms with E-state index in [9.17, 15) is 8.42 Å². The van der Waals surface area contributed by atoms with Gasteiger partial charge in [0.15, 0.2) is 21.3 Å². The minimum atomic E-state index is -2.96. The van der Waals surface area contributed by atoms with E-state index in [4.69, 9.17) is 0 Å². The Hall–Kier alpha value is -2.55.